The fraction of sp³-hybridized carbons (Fsp3) is 0.438. The van der Waals surface area contributed by atoms with Crippen molar-refractivity contribution in [3.8, 4) is 0 Å². The summed E-state index contributed by atoms with van der Waals surface area (Å²) in [5.41, 5.74) is 2.10. The predicted molar refractivity (Wildman–Crippen MR) is 81.1 cm³/mol. The van der Waals surface area contributed by atoms with Gasteiger partial charge in [0, 0.05) is 18.5 Å². The second-order valence-electron chi connectivity index (χ2n) is 5.41. The number of nitrogens with zero attached hydrogens (tertiary/aromatic N) is 2. The standard InChI is InChI=1S/C16H21N3O2/c1-11(2)13-7-9-14(10-8-13)18-15(20)5-4-6-16-17-12(3)19-21-16/h7-11H,4-6H2,1-3H3,(H,18,20). The monoisotopic (exact) mass is 287 g/mol. The molecule has 0 aliphatic heterocycles. The smallest absolute Gasteiger partial charge is 0.226 e. The van der Waals surface area contributed by atoms with E-state index in [4.69, 9.17) is 4.52 Å². The quantitative estimate of drug-likeness (QED) is 0.883. The summed E-state index contributed by atoms with van der Waals surface area (Å²) in [6, 6.07) is 7.96. The minimum Gasteiger partial charge on any atom is -0.339 e. The van der Waals surface area contributed by atoms with E-state index in [1.807, 2.05) is 24.3 Å². The van der Waals surface area contributed by atoms with E-state index < -0.39 is 0 Å². The first-order chi connectivity index (χ1) is 10.0. The Morgan fingerprint density at radius 1 is 1.29 bits per heavy atom. The Labute approximate surface area is 124 Å². The van der Waals surface area contributed by atoms with Gasteiger partial charge < -0.3 is 9.84 Å². The summed E-state index contributed by atoms with van der Waals surface area (Å²) in [5.74, 6) is 1.71. The highest BCUT2D eigenvalue weighted by Gasteiger charge is 2.06. The normalized spacial score (nSPS) is 10.9. The van der Waals surface area contributed by atoms with Crippen LogP contribution in [0.4, 0.5) is 5.69 Å². The second kappa shape index (κ2) is 7.02. The molecule has 2 aromatic rings. The van der Waals surface area contributed by atoms with Crippen molar-refractivity contribution in [2.45, 2.75) is 46.0 Å². The van der Waals surface area contributed by atoms with Crippen molar-refractivity contribution in [2.24, 2.45) is 0 Å². The summed E-state index contributed by atoms with van der Waals surface area (Å²) in [5, 5.41) is 6.61. The summed E-state index contributed by atoms with van der Waals surface area (Å²) < 4.78 is 5.01. The van der Waals surface area contributed by atoms with Crippen molar-refractivity contribution in [1.82, 2.24) is 10.1 Å². The molecule has 2 rings (SSSR count). The number of aromatic nitrogens is 2. The van der Waals surface area contributed by atoms with E-state index in [1.54, 1.807) is 6.92 Å². The molecule has 0 aliphatic rings. The van der Waals surface area contributed by atoms with Crippen molar-refractivity contribution >= 4 is 11.6 Å². The zero-order valence-corrected chi connectivity index (χ0v) is 12.7. The van der Waals surface area contributed by atoms with Crippen molar-refractivity contribution < 1.29 is 9.32 Å². The Morgan fingerprint density at radius 2 is 2.00 bits per heavy atom. The Hall–Kier alpha value is -2.17. The number of amides is 1. The molecule has 0 spiro atoms. The van der Waals surface area contributed by atoms with Gasteiger partial charge in [-0.3, -0.25) is 4.79 Å². The molecule has 1 aromatic heterocycles. The number of rotatable bonds is 6. The van der Waals surface area contributed by atoms with E-state index in [9.17, 15) is 4.79 Å². The Kier molecular flexibility index (Phi) is 5.09. The predicted octanol–water partition coefficient (Wildman–Crippen LogP) is 3.46. The summed E-state index contributed by atoms with van der Waals surface area (Å²) in [6.07, 6.45) is 1.76. The highest BCUT2D eigenvalue weighted by molar-refractivity contribution is 5.90. The van der Waals surface area contributed by atoms with E-state index in [2.05, 4.69) is 29.3 Å². The molecule has 1 heterocycles. The van der Waals surface area contributed by atoms with Crippen molar-refractivity contribution in [3.63, 3.8) is 0 Å². The molecule has 5 nitrogen and oxygen atoms in total. The van der Waals surface area contributed by atoms with Crippen LogP contribution in [0.3, 0.4) is 0 Å². The molecule has 21 heavy (non-hydrogen) atoms. The zero-order chi connectivity index (χ0) is 15.2. The number of hydrogen-bond acceptors (Lipinski definition) is 4. The lowest BCUT2D eigenvalue weighted by atomic mass is 10.0. The van der Waals surface area contributed by atoms with Crippen molar-refractivity contribution in [2.75, 3.05) is 5.32 Å². The molecule has 0 unspecified atom stereocenters. The average molecular weight is 287 g/mol. The van der Waals surface area contributed by atoms with Gasteiger partial charge in [0.05, 0.1) is 0 Å². The number of anilines is 1. The third-order valence-electron chi connectivity index (χ3n) is 3.23. The van der Waals surface area contributed by atoms with Crippen LogP contribution in [0.5, 0.6) is 0 Å². The third kappa shape index (κ3) is 4.70. The molecule has 0 radical (unpaired) electrons. The zero-order valence-electron chi connectivity index (χ0n) is 12.7. The SMILES string of the molecule is Cc1noc(CCCC(=O)Nc2ccc(C(C)C)cc2)n1. The van der Waals surface area contributed by atoms with Crippen LogP contribution in [0.1, 0.15) is 49.9 Å². The third-order valence-corrected chi connectivity index (χ3v) is 3.23. The van der Waals surface area contributed by atoms with Gasteiger partial charge in [-0.25, -0.2) is 0 Å². The van der Waals surface area contributed by atoms with Gasteiger partial charge in [0.1, 0.15) is 0 Å². The van der Waals surface area contributed by atoms with Crippen LogP contribution in [-0.2, 0) is 11.2 Å². The number of benzene rings is 1. The topological polar surface area (TPSA) is 68.0 Å². The van der Waals surface area contributed by atoms with Crippen LogP contribution in [-0.4, -0.2) is 16.0 Å². The lowest BCUT2D eigenvalue weighted by Gasteiger charge is -2.08. The first kappa shape index (κ1) is 15.2. The van der Waals surface area contributed by atoms with Crippen LogP contribution < -0.4 is 5.32 Å². The Morgan fingerprint density at radius 3 is 2.57 bits per heavy atom. The number of nitrogens with one attached hydrogen (secondary N) is 1. The summed E-state index contributed by atoms with van der Waals surface area (Å²) in [4.78, 5) is 16.0. The van der Waals surface area contributed by atoms with Gasteiger partial charge in [0.25, 0.3) is 0 Å². The van der Waals surface area contributed by atoms with E-state index in [0.717, 1.165) is 5.69 Å². The van der Waals surface area contributed by atoms with Crippen molar-refractivity contribution in [3.05, 3.63) is 41.5 Å². The van der Waals surface area contributed by atoms with Gasteiger partial charge in [-0.1, -0.05) is 31.1 Å². The average Bonchev–Trinajstić information content (AvgIpc) is 2.85. The van der Waals surface area contributed by atoms with Gasteiger partial charge in [0.15, 0.2) is 5.82 Å². The van der Waals surface area contributed by atoms with Gasteiger partial charge >= 0.3 is 0 Å². The maximum atomic E-state index is 11.8. The molecule has 1 amide bonds. The summed E-state index contributed by atoms with van der Waals surface area (Å²) in [7, 11) is 0. The lowest BCUT2D eigenvalue weighted by Crippen LogP contribution is -2.11. The van der Waals surface area contributed by atoms with Gasteiger partial charge in [-0.05, 0) is 37.0 Å². The molecule has 1 aromatic carbocycles. The first-order valence-electron chi connectivity index (χ1n) is 7.23. The Balaban J connectivity index is 1.76. The van der Waals surface area contributed by atoms with Crippen LogP contribution >= 0.6 is 0 Å². The molecule has 0 fully saturated rings. The summed E-state index contributed by atoms with van der Waals surface area (Å²) in [6.45, 7) is 6.07. The maximum Gasteiger partial charge on any atom is 0.226 e. The van der Waals surface area contributed by atoms with E-state index in [1.165, 1.54) is 5.56 Å². The molecular weight excluding hydrogens is 266 g/mol. The molecule has 0 aliphatic carbocycles. The number of carbonyl (C=O) groups excluding carboxylic acids is 1. The Bertz CT molecular complexity index is 588. The fourth-order valence-corrected chi connectivity index (χ4v) is 2.02. The number of carbonyl (C=O) groups is 1. The molecule has 1 N–H and O–H groups in total. The molecule has 5 heteroatoms. The van der Waals surface area contributed by atoms with Gasteiger partial charge in [-0.2, -0.15) is 4.98 Å². The first-order valence-corrected chi connectivity index (χ1v) is 7.23. The molecular formula is C16H21N3O2. The van der Waals surface area contributed by atoms with Crippen LogP contribution in [0.2, 0.25) is 0 Å². The van der Waals surface area contributed by atoms with E-state index in [-0.39, 0.29) is 5.91 Å². The number of aryl methyl sites for hydroxylation is 2. The maximum absolute atomic E-state index is 11.8. The van der Waals surface area contributed by atoms with Gasteiger partial charge in [-0.15, -0.1) is 0 Å². The molecule has 112 valence electrons. The molecule has 0 saturated carbocycles. The molecule has 0 bridgehead atoms. The largest absolute Gasteiger partial charge is 0.339 e. The van der Waals surface area contributed by atoms with E-state index >= 15 is 0 Å². The highest BCUT2D eigenvalue weighted by atomic mass is 16.5. The molecule has 0 saturated heterocycles. The van der Waals surface area contributed by atoms with Crippen molar-refractivity contribution in [1.29, 1.82) is 0 Å². The number of hydrogen-bond donors (Lipinski definition) is 1. The minimum absolute atomic E-state index is 0.00327. The van der Waals surface area contributed by atoms with Crippen LogP contribution in [0.15, 0.2) is 28.8 Å². The van der Waals surface area contributed by atoms with E-state index in [0.29, 0.717) is 36.9 Å². The van der Waals surface area contributed by atoms with Gasteiger partial charge in [0.2, 0.25) is 11.8 Å². The molecule has 0 atom stereocenters. The minimum atomic E-state index is 0.00327. The van der Waals surface area contributed by atoms with Crippen LogP contribution in [0, 0.1) is 6.92 Å². The van der Waals surface area contributed by atoms with Crippen LogP contribution in [0.25, 0.3) is 0 Å². The highest BCUT2D eigenvalue weighted by Crippen LogP contribution is 2.17. The fourth-order valence-electron chi connectivity index (χ4n) is 2.02. The summed E-state index contributed by atoms with van der Waals surface area (Å²) >= 11 is 0. The second-order valence-corrected chi connectivity index (χ2v) is 5.41. The lowest BCUT2D eigenvalue weighted by molar-refractivity contribution is -0.116.